The molecule has 0 aliphatic carbocycles. The summed E-state index contributed by atoms with van der Waals surface area (Å²) < 4.78 is 17.0. The van der Waals surface area contributed by atoms with E-state index >= 15 is 0 Å². The van der Waals surface area contributed by atoms with Gasteiger partial charge in [-0.2, -0.15) is 0 Å². The zero-order valence-corrected chi connectivity index (χ0v) is 13.5. The Kier molecular flexibility index (Phi) is 14.2. The molecule has 0 aliphatic rings. The first kappa shape index (κ1) is 18.4. The third-order valence-electron chi connectivity index (χ3n) is 1.78. The van der Waals surface area contributed by atoms with Crippen molar-refractivity contribution in [1.82, 2.24) is 0 Å². The molecule has 0 amide bonds. The Morgan fingerprint density at radius 1 is 0.933 bits per heavy atom. The third-order valence-corrected chi connectivity index (χ3v) is 4.93. The van der Waals surface area contributed by atoms with E-state index in [4.69, 9.17) is 19.0 Å². The largest absolute Gasteiger partial charge is 0.500 e. The Morgan fingerprint density at radius 2 is 1.33 bits per heavy atom. The van der Waals surface area contributed by atoms with Gasteiger partial charge in [0, 0.05) is 55.4 Å². The van der Waals surface area contributed by atoms with E-state index in [2.05, 4.69) is 0 Å². The summed E-state index contributed by atoms with van der Waals surface area (Å²) in [5.74, 6) is 0. The zero-order chi connectivity index (χ0) is 10.9. The van der Waals surface area contributed by atoms with Crippen molar-refractivity contribution in [3.8, 4) is 0 Å². The topological polar surface area (TPSA) is 53.7 Å². The summed E-state index contributed by atoms with van der Waals surface area (Å²) in [5.41, 5.74) is 5.48. The quantitative estimate of drug-likeness (QED) is 0.615. The zero-order valence-electron chi connectivity index (χ0n) is 10.5. The Morgan fingerprint density at radius 3 is 1.60 bits per heavy atom. The van der Waals surface area contributed by atoms with Crippen molar-refractivity contribution in [3.05, 3.63) is 0 Å². The summed E-state index contributed by atoms with van der Waals surface area (Å²) in [5, 5.41) is 0. The Labute approximate surface area is 117 Å². The van der Waals surface area contributed by atoms with Gasteiger partial charge in [-0.1, -0.05) is 0 Å². The van der Waals surface area contributed by atoms with Gasteiger partial charge < -0.3 is 19.0 Å². The van der Waals surface area contributed by atoms with Crippen LogP contribution < -0.4 is 5.73 Å². The minimum atomic E-state index is -2.40. The summed E-state index contributed by atoms with van der Waals surface area (Å²) in [6.45, 7) is 8.44. The molecule has 0 heterocycles. The molecule has 15 heavy (non-hydrogen) atoms. The average molecular weight is 244 g/mol. The van der Waals surface area contributed by atoms with Gasteiger partial charge >= 0.3 is 8.80 Å². The van der Waals surface area contributed by atoms with Crippen molar-refractivity contribution >= 4 is 38.4 Å². The van der Waals surface area contributed by atoms with Crippen LogP contribution in [0, 0.1) is 0 Å². The molecule has 2 N–H and O–H groups in total. The third kappa shape index (κ3) is 7.87. The van der Waals surface area contributed by atoms with Crippen LogP contribution in [0.1, 0.15) is 27.2 Å². The molecule has 0 aromatic rings. The SMILES string of the molecule is CCO[Si](CCCN)(OCC)OCC.[Na]. The molecule has 0 unspecified atom stereocenters. The molecule has 0 aromatic carbocycles. The van der Waals surface area contributed by atoms with Crippen molar-refractivity contribution in [3.63, 3.8) is 0 Å². The fourth-order valence-electron chi connectivity index (χ4n) is 1.32. The minimum Gasteiger partial charge on any atom is -0.374 e. The maximum atomic E-state index is 5.65. The summed E-state index contributed by atoms with van der Waals surface area (Å²) in [6, 6.07) is 0.818. The second-order valence-corrected chi connectivity index (χ2v) is 5.61. The Hall–Kier alpha value is 1.06. The first-order valence-corrected chi connectivity index (χ1v) is 7.29. The van der Waals surface area contributed by atoms with Crippen molar-refractivity contribution in [1.29, 1.82) is 0 Å². The van der Waals surface area contributed by atoms with Gasteiger partial charge in [0.25, 0.3) is 0 Å². The number of hydrogen-bond donors (Lipinski definition) is 1. The van der Waals surface area contributed by atoms with Gasteiger partial charge in [-0.15, -0.1) is 0 Å². The molecule has 0 atom stereocenters. The predicted molar refractivity (Wildman–Crippen MR) is 64.9 cm³/mol. The van der Waals surface area contributed by atoms with E-state index in [9.17, 15) is 0 Å². The van der Waals surface area contributed by atoms with Crippen LogP contribution in [0.2, 0.25) is 6.04 Å². The van der Waals surface area contributed by atoms with E-state index in [1.165, 1.54) is 0 Å². The van der Waals surface area contributed by atoms with Crippen LogP contribution in [-0.4, -0.2) is 64.7 Å². The van der Waals surface area contributed by atoms with Crippen molar-refractivity contribution in [2.45, 2.75) is 33.2 Å². The Balaban J connectivity index is 0. The fraction of sp³-hybridized carbons (Fsp3) is 1.00. The summed E-state index contributed by atoms with van der Waals surface area (Å²) >= 11 is 0. The van der Waals surface area contributed by atoms with Crippen molar-refractivity contribution in [2.24, 2.45) is 5.73 Å². The van der Waals surface area contributed by atoms with Crippen LogP contribution in [0.25, 0.3) is 0 Å². The summed E-state index contributed by atoms with van der Waals surface area (Å²) in [6.07, 6.45) is 0.895. The van der Waals surface area contributed by atoms with E-state index < -0.39 is 8.80 Å². The minimum absolute atomic E-state index is 0. The monoisotopic (exact) mass is 244 g/mol. The van der Waals surface area contributed by atoms with Gasteiger partial charge in [-0.3, -0.25) is 0 Å². The molecule has 0 saturated carbocycles. The maximum Gasteiger partial charge on any atom is 0.500 e. The van der Waals surface area contributed by atoms with Gasteiger partial charge in [0.1, 0.15) is 0 Å². The molecule has 0 spiro atoms. The smallest absolute Gasteiger partial charge is 0.374 e. The van der Waals surface area contributed by atoms with Gasteiger partial charge in [-0.25, -0.2) is 0 Å². The predicted octanol–water partition coefficient (Wildman–Crippen LogP) is 1.00. The molecular weight excluding hydrogens is 221 g/mol. The Bertz CT molecular complexity index is 124. The van der Waals surface area contributed by atoms with Crippen molar-refractivity contribution in [2.75, 3.05) is 26.4 Å². The van der Waals surface area contributed by atoms with Crippen LogP contribution in [-0.2, 0) is 13.3 Å². The van der Waals surface area contributed by atoms with Crippen LogP contribution in [0.5, 0.6) is 0 Å². The molecular formula is C9H23NNaO3Si. The molecule has 4 nitrogen and oxygen atoms in total. The molecule has 6 heteroatoms. The van der Waals surface area contributed by atoms with Gasteiger partial charge in [0.05, 0.1) is 0 Å². The maximum absolute atomic E-state index is 5.65. The number of rotatable bonds is 9. The standard InChI is InChI=1S/C9H23NO3Si.Na/c1-4-11-14(12-5-2,13-6-3)9-7-8-10;/h4-10H2,1-3H3;. The van der Waals surface area contributed by atoms with E-state index in [-0.39, 0.29) is 29.6 Å². The first-order chi connectivity index (χ1) is 6.74. The van der Waals surface area contributed by atoms with Crippen molar-refractivity contribution < 1.29 is 13.3 Å². The second kappa shape index (κ2) is 11.5. The molecule has 0 bridgehead atoms. The molecule has 0 saturated heterocycles. The van der Waals surface area contributed by atoms with E-state index in [0.717, 1.165) is 12.5 Å². The normalized spacial score (nSPS) is 11.2. The summed E-state index contributed by atoms with van der Waals surface area (Å²) in [7, 11) is -2.40. The molecule has 0 rings (SSSR count). The molecule has 0 fully saturated rings. The van der Waals surface area contributed by atoms with Crippen LogP contribution >= 0.6 is 0 Å². The number of hydrogen-bond acceptors (Lipinski definition) is 4. The van der Waals surface area contributed by atoms with Gasteiger partial charge in [-0.05, 0) is 33.7 Å². The van der Waals surface area contributed by atoms with E-state index in [1.807, 2.05) is 20.8 Å². The van der Waals surface area contributed by atoms with E-state index in [1.54, 1.807) is 0 Å². The van der Waals surface area contributed by atoms with Crippen LogP contribution in [0.15, 0.2) is 0 Å². The van der Waals surface area contributed by atoms with Crippen LogP contribution in [0.4, 0.5) is 0 Å². The number of nitrogens with two attached hydrogens (primary N) is 1. The first-order valence-electron chi connectivity index (χ1n) is 5.36. The average Bonchev–Trinajstić information content (AvgIpc) is 2.16. The van der Waals surface area contributed by atoms with Crippen LogP contribution in [0.3, 0.4) is 0 Å². The molecule has 0 aliphatic heterocycles. The molecule has 1 radical (unpaired) electrons. The summed E-state index contributed by atoms with van der Waals surface area (Å²) in [4.78, 5) is 0. The van der Waals surface area contributed by atoms with E-state index in [0.29, 0.717) is 26.4 Å². The fourth-order valence-corrected chi connectivity index (χ4v) is 3.96. The molecule has 0 aromatic heterocycles. The van der Waals surface area contributed by atoms with Gasteiger partial charge in [0.2, 0.25) is 0 Å². The molecule has 87 valence electrons. The van der Waals surface area contributed by atoms with Gasteiger partial charge in [0.15, 0.2) is 0 Å². The second-order valence-electron chi connectivity index (χ2n) is 2.87.